The number of aromatic nitrogens is 1. The maximum atomic E-state index is 11.1. The van der Waals surface area contributed by atoms with Gasteiger partial charge in [-0.1, -0.05) is 0 Å². The fourth-order valence-corrected chi connectivity index (χ4v) is 1.41. The predicted octanol–water partition coefficient (Wildman–Crippen LogP) is -0.253. The molecule has 7 heteroatoms. The minimum atomic E-state index is -4.14. The van der Waals surface area contributed by atoms with Crippen LogP contribution < -0.4 is 5.73 Å². The summed E-state index contributed by atoms with van der Waals surface area (Å²) in [4.78, 5) is 23.9. The molecular weight excluding hydrogens is 208 g/mol. The van der Waals surface area contributed by atoms with Crippen molar-refractivity contribution in [3.05, 3.63) is 24.0 Å². The molecule has 0 spiro atoms. The van der Waals surface area contributed by atoms with Gasteiger partial charge in [0.1, 0.15) is 5.69 Å². The molecular formula is C7H6N2O4S. The van der Waals surface area contributed by atoms with Gasteiger partial charge in [-0.3, -0.25) is 14.6 Å². The predicted molar refractivity (Wildman–Crippen MR) is 46.4 cm³/mol. The quantitative estimate of drug-likeness (QED) is 0.683. The van der Waals surface area contributed by atoms with E-state index in [9.17, 15) is 18.0 Å². The summed E-state index contributed by atoms with van der Waals surface area (Å²) in [5, 5.41) is -1.45. The van der Waals surface area contributed by atoms with Crippen LogP contribution in [0.1, 0.15) is 10.5 Å². The second-order valence-corrected chi connectivity index (χ2v) is 4.24. The monoisotopic (exact) mass is 214 g/mol. The molecule has 0 saturated heterocycles. The maximum absolute atomic E-state index is 11.1. The van der Waals surface area contributed by atoms with Crippen LogP contribution in [0.5, 0.6) is 0 Å². The van der Waals surface area contributed by atoms with Crippen molar-refractivity contribution in [2.75, 3.05) is 0 Å². The molecule has 14 heavy (non-hydrogen) atoms. The van der Waals surface area contributed by atoms with Crippen LogP contribution in [0.4, 0.5) is 4.79 Å². The highest BCUT2D eigenvalue weighted by Gasteiger charge is 2.21. The third kappa shape index (κ3) is 1.77. The zero-order valence-corrected chi connectivity index (χ0v) is 7.69. The van der Waals surface area contributed by atoms with E-state index in [1.807, 2.05) is 0 Å². The van der Waals surface area contributed by atoms with Gasteiger partial charge < -0.3 is 5.73 Å². The van der Waals surface area contributed by atoms with Gasteiger partial charge in [-0.05, 0) is 12.1 Å². The molecule has 2 N–H and O–H groups in total. The van der Waals surface area contributed by atoms with Crippen molar-refractivity contribution in [2.24, 2.45) is 5.73 Å². The summed E-state index contributed by atoms with van der Waals surface area (Å²) in [5.74, 6) is 0. The van der Waals surface area contributed by atoms with Crippen LogP contribution in [-0.2, 0) is 9.84 Å². The van der Waals surface area contributed by atoms with Crippen molar-refractivity contribution in [1.82, 2.24) is 4.98 Å². The number of hydrogen-bond donors (Lipinski definition) is 1. The molecule has 1 rings (SSSR count). The zero-order chi connectivity index (χ0) is 10.8. The molecule has 0 bridgehead atoms. The van der Waals surface area contributed by atoms with E-state index in [1.54, 1.807) is 0 Å². The molecule has 1 heterocycles. The summed E-state index contributed by atoms with van der Waals surface area (Å²) in [6, 6.07) is 2.28. The Morgan fingerprint density at radius 3 is 2.43 bits per heavy atom. The first kappa shape index (κ1) is 10.3. The lowest BCUT2D eigenvalue weighted by atomic mass is 10.4. The molecule has 1 aromatic rings. The molecule has 6 nitrogen and oxygen atoms in total. The van der Waals surface area contributed by atoms with Gasteiger partial charge in [0, 0.05) is 6.20 Å². The van der Waals surface area contributed by atoms with E-state index in [1.165, 1.54) is 6.07 Å². The Bertz CT molecular complexity index is 463. The summed E-state index contributed by atoms with van der Waals surface area (Å²) < 4.78 is 22.3. The smallest absolute Gasteiger partial charge is 0.338 e. The van der Waals surface area contributed by atoms with Crippen LogP contribution in [0.3, 0.4) is 0 Å². The summed E-state index contributed by atoms with van der Waals surface area (Å²) in [5.41, 5.74) is 4.73. The van der Waals surface area contributed by atoms with E-state index in [2.05, 4.69) is 10.7 Å². The van der Waals surface area contributed by atoms with Crippen molar-refractivity contribution >= 4 is 21.4 Å². The van der Waals surface area contributed by atoms with Gasteiger partial charge in [0.25, 0.3) is 9.84 Å². The van der Waals surface area contributed by atoms with Crippen LogP contribution in [0.2, 0.25) is 0 Å². The van der Waals surface area contributed by atoms with Gasteiger partial charge in [-0.2, -0.15) is 0 Å². The molecule has 0 radical (unpaired) electrons. The largest absolute Gasteiger partial charge is 0.356 e. The minimum absolute atomic E-state index is 0.0772. The van der Waals surface area contributed by atoms with E-state index in [-0.39, 0.29) is 10.6 Å². The molecule has 0 fully saturated rings. The molecule has 0 aliphatic heterocycles. The van der Waals surface area contributed by atoms with Gasteiger partial charge in [0.15, 0.2) is 6.29 Å². The third-order valence-corrected chi connectivity index (χ3v) is 2.85. The number of carbonyl (C=O) groups excluding carboxylic acids is 2. The van der Waals surface area contributed by atoms with E-state index in [4.69, 9.17) is 0 Å². The van der Waals surface area contributed by atoms with Gasteiger partial charge >= 0.3 is 5.24 Å². The Kier molecular flexibility index (Phi) is 2.61. The Balaban J connectivity index is 3.23. The number of carbonyl (C=O) groups is 2. The standard InChI is InChI=1S/C7H6N2O4S/c8-7(11)14(12,13)6-2-1-5(4-10)9-3-6/h1-4H,(H2,8,11). The van der Waals surface area contributed by atoms with Crippen LogP contribution in [0.25, 0.3) is 0 Å². The van der Waals surface area contributed by atoms with Crippen molar-refractivity contribution in [3.63, 3.8) is 0 Å². The van der Waals surface area contributed by atoms with E-state index in [0.717, 1.165) is 12.3 Å². The number of nitrogens with zero attached hydrogens (tertiary/aromatic N) is 1. The van der Waals surface area contributed by atoms with Gasteiger partial charge in [-0.25, -0.2) is 8.42 Å². The topological polar surface area (TPSA) is 107 Å². The van der Waals surface area contributed by atoms with Crippen LogP contribution in [0, 0.1) is 0 Å². The number of amides is 1. The van der Waals surface area contributed by atoms with E-state index in [0.29, 0.717) is 6.29 Å². The Morgan fingerprint density at radius 2 is 2.07 bits per heavy atom. The molecule has 1 aromatic heterocycles. The van der Waals surface area contributed by atoms with Crippen molar-refractivity contribution in [1.29, 1.82) is 0 Å². The highest BCUT2D eigenvalue weighted by Crippen LogP contribution is 2.09. The lowest BCUT2D eigenvalue weighted by Crippen LogP contribution is -2.21. The first-order chi connectivity index (χ1) is 6.48. The highest BCUT2D eigenvalue weighted by atomic mass is 32.2. The lowest BCUT2D eigenvalue weighted by molar-refractivity contribution is 0.111. The Morgan fingerprint density at radius 1 is 1.43 bits per heavy atom. The summed E-state index contributed by atoms with van der Waals surface area (Å²) in [7, 11) is -4.14. The number of sulfone groups is 1. The number of rotatable bonds is 2. The summed E-state index contributed by atoms with van der Waals surface area (Å²) in [6.07, 6.45) is 1.37. The molecule has 0 saturated carbocycles. The van der Waals surface area contributed by atoms with Crippen LogP contribution >= 0.6 is 0 Å². The second kappa shape index (κ2) is 3.54. The molecule has 0 unspecified atom stereocenters. The second-order valence-electron chi connectivity index (χ2n) is 2.36. The van der Waals surface area contributed by atoms with Crippen LogP contribution in [0.15, 0.2) is 23.2 Å². The van der Waals surface area contributed by atoms with E-state index >= 15 is 0 Å². The van der Waals surface area contributed by atoms with Crippen LogP contribution in [-0.4, -0.2) is 24.9 Å². The zero-order valence-electron chi connectivity index (χ0n) is 6.88. The Hall–Kier alpha value is -1.76. The summed E-state index contributed by atoms with van der Waals surface area (Å²) >= 11 is 0. The normalized spacial score (nSPS) is 10.9. The SMILES string of the molecule is NC(=O)S(=O)(=O)c1ccc(C=O)nc1. The minimum Gasteiger partial charge on any atom is -0.356 e. The molecule has 1 amide bonds. The molecule has 74 valence electrons. The third-order valence-electron chi connectivity index (χ3n) is 1.46. The van der Waals surface area contributed by atoms with Gasteiger partial charge in [0.05, 0.1) is 4.90 Å². The van der Waals surface area contributed by atoms with Crippen molar-refractivity contribution in [3.8, 4) is 0 Å². The fourth-order valence-electron chi connectivity index (χ4n) is 0.737. The number of primary amides is 1. The number of pyridine rings is 1. The number of aldehydes is 1. The molecule has 0 aliphatic carbocycles. The van der Waals surface area contributed by atoms with Gasteiger partial charge in [-0.15, -0.1) is 0 Å². The van der Waals surface area contributed by atoms with Gasteiger partial charge in [0.2, 0.25) is 0 Å². The molecule has 0 atom stereocenters. The fraction of sp³-hybridized carbons (Fsp3) is 0. The van der Waals surface area contributed by atoms with E-state index < -0.39 is 15.1 Å². The lowest BCUT2D eigenvalue weighted by Gasteiger charge is -1.98. The average molecular weight is 214 g/mol. The van der Waals surface area contributed by atoms with Crippen molar-refractivity contribution in [2.45, 2.75) is 4.90 Å². The highest BCUT2D eigenvalue weighted by molar-refractivity contribution is 8.06. The maximum Gasteiger partial charge on any atom is 0.338 e. The molecule has 0 aliphatic rings. The molecule has 0 aromatic carbocycles. The Labute approximate surface area is 79.7 Å². The number of nitrogens with two attached hydrogens (primary N) is 1. The summed E-state index contributed by atoms with van der Waals surface area (Å²) in [6.45, 7) is 0. The first-order valence-electron chi connectivity index (χ1n) is 3.44. The number of hydrogen-bond acceptors (Lipinski definition) is 5. The average Bonchev–Trinajstić information content (AvgIpc) is 2.17. The van der Waals surface area contributed by atoms with Crippen molar-refractivity contribution < 1.29 is 18.0 Å². The first-order valence-corrected chi connectivity index (χ1v) is 4.92.